The molecule has 0 aromatic heterocycles. The van der Waals surface area contributed by atoms with Gasteiger partial charge in [0.1, 0.15) is 0 Å². The Balaban J connectivity index is 1.52. The molecule has 0 bridgehead atoms. The van der Waals surface area contributed by atoms with Crippen LogP contribution in [0.5, 0.6) is 0 Å². The molecule has 1 unspecified atom stereocenters. The van der Waals surface area contributed by atoms with Gasteiger partial charge in [-0.15, -0.1) is 0 Å². The van der Waals surface area contributed by atoms with Gasteiger partial charge in [0.15, 0.2) is 5.78 Å². The highest BCUT2D eigenvalue weighted by atomic mass is 16.7. The van der Waals surface area contributed by atoms with Crippen molar-refractivity contribution in [2.45, 2.75) is 103 Å². The van der Waals surface area contributed by atoms with Crippen LogP contribution in [0.15, 0.2) is 24.3 Å². The molecule has 1 aromatic carbocycles. The third-order valence-corrected chi connectivity index (χ3v) is 5.80. The molecule has 1 N–H and O–H groups in total. The first-order valence-electron chi connectivity index (χ1n) is 12.4. The molecule has 1 fully saturated rings. The minimum absolute atomic E-state index is 0.234. The van der Waals surface area contributed by atoms with Crippen LogP contribution >= 0.6 is 0 Å². The van der Waals surface area contributed by atoms with Crippen molar-refractivity contribution in [2.24, 2.45) is 0 Å². The topological polar surface area (TPSA) is 64.6 Å². The van der Waals surface area contributed by atoms with E-state index in [0.717, 1.165) is 37.8 Å². The summed E-state index contributed by atoms with van der Waals surface area (Å²) in [6.07, 6.45) is 15.7. The number of carbonyl (C=O) groups excluding carboxylic acids is 2. The standard InChI is InChI=1S/C26H41NO4/c1-2-3-4-5-6-7-8-9-10-11-14-24(28)21-27-23-18-16-22(17-19-23)26(29)31-25-15-12-13-20-30-25/h16-19,25,27H,2-15,20-21H2,1H3. The normalized spacial score (nSPS) is 16.1. The average molecular weight is 432 g/mol. The Hall–Kier alpha value is -1.88. The summed E-state index contributed by atoms with van der Waals surface area (Å²) in [5.41, 5.74) is 1.33. The predicted molar refractivity (Wildman–Crippen MR) is 125 cm³/mol. The lowest BCUT2D eigenvalue weighted by atomic mass is 10.0. The van der Waals surface area contributed by atoms with E-state index in [9.17, 15) is 9.59 Å². The fourth-order valence-electron chi connectivity index (χ4n) is 3.81. The summed E-state index contributed by atoms with van der Waals surface area (Å²) in [6, 6.07) is 7.07. The van der Waals surface area contributed by atoms with E-state index >= 15 is 0 Å². The van der Waals surface area contributed by atoms with Crippen LogP contribution in [0.1, 0.15) is 107 Å². The van der Waals surface area contributed by atoms with Crippen LogP contribution in [0.25, 0.3) is 0 Å². The third-order valence-electron chi connectivity index (χ3n) is 5.80. The van der Waals surface area contributed by atoms with Crippen molar-refractivity contribution in [1.29, 1.82) is 0 Å². The quantitative estimate of drug-likeness (QED) is 0.234. The second-order valence-electron chi connectivity index (χ2n) is 8.60. The highest BCUT2D eigenvalue weighted by molar-refractivity contribution is 5.90. The third kappa shape index (κ3) is 11.3. The van der Waals surface area contributed by atoms with E-state index in [1.807, 2.05) is 12.1 Å². The Morgan fingerprint density at radius 3 is 2.19 bits per heavy atom. The van der Waals surface area contributed by atoms with Crippen LogP contribution < -0.4 is 5.32 Å². The summed E-state index contributed by atoms with van der Waals surface area (Å²) in [5, 5.41) is 3.15. The van der Waals surface area contributed by atoms with Crippen LogP contribution in [0.3, 0.4) is 0 Å². The van der Waals surface area contributed by atoms with Crippen LogP contribution in [0.4, 0.5) is 5.69 Å². The highest BCUT2D eigenvalue weighted by Crippen LogP contribution is 2.17. The van der Waals surface area contributed by atoms with E-state index in [1.165, 1.54) is 51.4 Å². The summed E-state index contributed by atoms with van der Waals surface area (Å²) in [4.78, 5) is 24.3. The van der Waals surface area contributed by atoms with Crippen molar-refractivity contribution in [2.75, 3.05) is 18.5 Å². The molecule has 0 aliphatic carbocycles. The van der Waals surface area contributed by atoms with Gasteiger partial charge in [-0.3, -0.25) is 4.79 Å². The van der Waals surface area contributed by atoms with Crippen LogP contribution in [-0.4, -0.2) is 31.2 Å². The lowest BCUT2D eigenvalue weighted by Crippen LogP contribution is -2.25. The number of esters is 1. The molecular weight excluding hydrogens is 390 g/mol. The zero-order valence-electron chi connectivity index (χ0n) is 19.3. The smallest absolute Gasteiger partial charge is 0.340 e. The Bertz CT molecular complexity index is 623. The van der Waals surface area contributed by atoms with Crippen LogP contribution in [-0.2, 0) is 14.3 Å². The predicted octanol–water partition coefficient (Wildman–Crippen LogP) is 6.66. The highest BCUT2D eigenvalue weighted by Gasteiger charge is 2.19. The Morgan fingerprint density at radius 1 is 0.935 bits per heavy atom. The number of hydrogen-bond donors (Lipinski definition) is 1. The average Bonchev–Trinajstić information content (AvgIpc) is 2.80. The number of ketones is 1. The van der Waals surface area contributed by atoms with Crippen molar-refractivity contribution in [3.8, 4) is 0 Å². The van der Waals surface area contributed by atoms with Gasteiger partial charge >= 0.3 is 5.97 Å². The van der Waals surface area contributed by atoms with Gasteiger partial charge in [0.2, 0.25) is 6.29 Å². The largest absolute Gasteiger partial charge is 0.432 e. The summed E-state index contributed by atoms with van der Waals surface area (Å²) in [5.74, 6) is -0.131. The number of nitrogens with one attached hydrogen (secondary N) is 1. The second-order valence-corrected chi connectivity index (χ2v) is 8.60. The van der Waals surface area contributed by atoms with Gasteiger partial charge in [-0.1, -0.05) is 64.7 Å². The molecule has 0 saturated carbocycles. The lowest BCUT2D eigenvalue weighted by molar-refractivity contribution is -0.131. The first kappa shape index (κ1) is 25.4. The Morgan fingerprint density at radius 2 is 1.58 bits per heavy atom. The fourth-order valence-corrected chi connectivity index (χ4v) is 3.81. The first-order valence-corrected chi connectivity index (χ1v) is 12.4. The van der Waals surface area contributed by atoms with E-state index < -0.39 is 6.29 Å². The van der Waals surface area contributed by atoms with Gasteiger partial charge in [-0.05, 0) is 43.5 Å². The molecule has 1 aromatic rings. The summed E-state index contributed by atoms with van der Waals surface area (Å²) >= 11 is 0. The number of anilines is 1. The maximum Gasteiger partial charge on any atom is 0.340 e. The molecule has 5 heteroatoms. The van der Waals surface area contributed by atoms with Crippen molar-refractivity contribution in [3.63, 3.8) is 0 Å². The van der Waals surface area contributed by atoms with Gasteiger partial charge in [0, 0.05) is 18.5 Å². The van der Waals surface area contributed by atoms with Crippen LogP contribution in [0.2, 0.25) is 0 Å². The molecule has 1 saturated heterocycles. The zero-order chi connectivity index (χ0) is 22.2. The molecule has 174 valence electrons. The van der Waals surface area contributed by atoms with Crippen molar-refractivity contribution >= 4 is 17.4 Å². The number of hydrogen-bond acceptors (Lipinski definition) is 5. The fraction of sp³-hybridized carbons (Fsp3) is 0.692. The Kier molecular flexibility index (Phi) is 13.0. The van der Waals surface area contributed by atoms with E-state index in [2.05, 4.69) is 12.2 Å². The number of Topliss-reactive ketones (excluding diaryl/α,β-unsaturated/α-hetero) is 1. The SMILES string of the molecule is CCCCCCCCCCCCC(=O)CNc1ccc(C(=O)OC2CCCCO2)cc1. The monoisotopic (exact) mass is 431 g/mol. The maximum absolute atomic E-state index is 12.2. The van der Waals surface area contributed by atoms with Crippen molar-refractivity contribution < 1.29 is 19.1 Å². The van der Waals surface area contributed by atoms with Gasteiger partial charge in [0.05, 0.1) is 18.7 Å². The zero-order valence-corrected chi connectivity index (χ0v) is 19.3. The van der Waals surface area contributed by atoms with E-state index in [1.54, 1.807) is 12.1 Å². The van der Waals surface area contributed by atoms with Gasteiger partial charge in [-0.25, -0.2) is 4.79 Å². The molecule has 1 aliphatic rings. The number of carbonyl (C=O) groups is 2. The molecule has 5 nitrogen and oxygen atoms in total. The number of unbranched alkanes of at least 4 members (excludes halogenated alkanes) is 9. The van der Waals surface area contributed by atoms with E-state index in [-0.39, 0.29) is 11.8 Å². The molecule has 0 amide bonds. The molecule has 1 atom stereocenters. The maximum atomic E-state index is 12.2. The Labute approximate surface area is 188 Å². The summed E-state index contributed by atoms with van der Waals surface area (Å²) in [7, 11) is 0. The molecule has 1 heterocycles. The summed E-state index contributed by atoms with van der Waals surface area (Å²) < 4.78 is 10.8. The number of benzene rings is 1. The van der Waals surface area contributed by atoms with Crippen molar-refractivity contribution in [1.82, 2.24) is 0 Å². The number of ether oxygens (including phenoxy) is 2. The molecule has 0 radical (unpaired) electrons. The lowest BCUT2D eigenvalue weighted by Gasteiger charge is -2.22. The van der Waals surface area contributed by atoms with Crippen molar-refractivity contribution in [3.05, 3.63) is 29.8 Å². The van der Waals surface area contributed by atoms with E-state index in [4.69, 9.17) is 9.47 Å². The molecule has 1 aliphatic heterocycles. The number of rotatable bonds is 16. The summed E-state index contributed by atoms with van der Waals surface area (Å²) in [6.45, 7) is 3.23. The second kappa shape index (κ2) is 15.9. The molecular formula is C26H41NO4. The molecule has 31 heavy (non-hydrogen) atoms. The first-order chi connectivity index (χ1) is 15.2. The minimum Gasteiger partial charge on any atom is -0.432 e. The van der Waals surface area contributed by atoms with Crippen LogP contribution in [0, 0.1) is 0 Å². The van der Waals surface area contributed by atoms with Gasteiger partial charge in [-0.2, -0.15) is 0 Å². The van der Waals surface area contributed by atoms with E-state index in [0.29, 0.717) is 25.1 Å². The molecule has 0 spiro atoms. The minimum atomic E-state index is -0.428. The molecule has 2 rings (SSSR count). The van der Waals surface area contributed by atoms with Gasteiger partial charge in [0.25, 0.3) is 0 Å². The van der Waals surface area contributed by atoms with Gasteiger partial charge < -0.3 is 14.8 Å².